The molecule has 1 rings (SSSR count). The van der Waals surface area contributed by atoms with Crippen LogP contribution in [0.5, 0.6) is 0 Å². The number of carboxylic acids is 5. The third kappa shape index (κ3) is 34.8. The maximum atomic E-state index is 11.7. The number of nitrogens with two attached hydrogens (primary N) is 2. The summed E-state index contributed by atoms with van der Waals surface area (Å²) in [4.78, 5) is 58.8. The summed E-state index contributed by atoms with van der Waals surface area (Å²) in [6.45, 7) is -5.59. The van der Waals surface area contributed by atoms with Crippen LogP contribution in [0.1, 0.15) is 5.56 Å². The molecule has 0 aliphatic carbocycles. The smallest absolute Gasteiger partial charge is 0.216 e. The van der Waals surface area contributed by atoms with Crippen LogP contribution in [0, 0.1) is 120 Å². The summed E-state index contributed by atoms with van der Waals surface area (Å²) >= 11 is 0. The predicted octanol–water partition coefficient (Wildman–Crippen LogP) is -16.6. The van der Waals surface area contributed by atoms with Crippen LogP contribution in [-0.2, 0) is 35.3 Å². The first-order valence-electron chi connectivity index (χ1n) is 18.1. The molecular weight excluding hydrogens is 1290 g/mol. The molecule has 0 saturated heterocycles. The Hall–Kier alpha value is -0.0960. The standard InChI is InChI=1S/C22H31N3O11.2C6H15NO5.3Gd/c26-18(27)10-23(6-7-24(11-19(28)29)12-20(30)31)8-9-25(13-21(32)33)17(22(34)35)15-36-14-16-4-2-1-3-5-16;2*1-7-6(12)5(11)4(10)3(9)2-8;;;/h1-5,17H,6-15H2,(H,26,27)(H,28,29)(H,30,31)(H,32,33)(H,34,35);2*3-12H,2H2,1H3;;;/p-3/t;2*3-,4-,5+,6-;;;/m.11.../s1. The molecule has 0 bridgehead atoms. The average molecular weight is 1340 g/mol. The predicted molar refractivity (Wildman–Crippen MR) is 187 cm³/mol. The van der Waals surface area contributed by atoms with Gasteiger partial charge in [-0.3, -0.25) is 14.7 Å². The van der Waals surface area contributed by atoms with E-state index in [1.807, 2.05) is 0 Å². The van der Waals surface area contributed by atoms with Crippen LogP contribution in [0.3, 0.4) is 0 Å². The second kappa shape index (κ2) is 42.0. The quantitative estimate of drug-likeness (QED) is 0.0318. The van der Waals surface area contributed by atoms with Crippen molar-refractivity contribution in [2.45, 2.75) is 61.7 Å². The summed E-state index contributed by atoms with van der Waals surface area (Å²) in [5.41, 5.74) is 0.749. The van der Waals surface area contributed by atoms with E-state index in [9.17, 15) is 49.5 Å². The van der Waals surface area contributed by atoms with Gasteiger partial charge in [-0.15, -0.1) is 0 Å². The van der Waals surface area contributed by atoms with Gasteiger partial charge < -0.3 is 116 Å². The topological polar surface area (TPSA) is 455 Å². The van der Waals surface area contributed by atoms with E-state index in [0.29, 0.717) is 0 Å². The van der Waals surface area contributed by atoms with Gasteiger partial charge in [0.2, 0.25) is 12.5 Å². The number of rotatable bonds is 30. The fourth-order valence-electron chi connectivity index (χ4n) is 4.75. The number of carbonyl (C=O) groups excluding carboxylic acids is 5. The zero-order chi connectivity index (χ0) is 46.5. The van der Waals surface area contributed by atoms with Crippen LogP contribution in [0.2, 0.25) is 0 Å². The van der Waals surface area contributed by atoms with Crippen LogP contribution in [0.15, 0.2) is 30.3 Å². The zero-order valence-electron chi connectivity index (χ0n) is 34.1. The van der Waals surface area contributed by atoms with Gasteiger partial charge in [0.1, 0.15) is 24.4 Å². The molecule has 0 fully saturated rings. The molecule has 0 amide bonds. The van der Waals surface area contributed by atoms with Gasteiger partial charge >= 0.3 is 0 Å². The summed E-state index contributed by atoms with van der Waals surface area (Å²) in [5, 5.41) is 147. The van der Waals surface area contributed by atoms with Crippen molar-refractivity contribution in [1.82, 2.24) is 14.7 Å². The van der Waals surface area contributed by atoms with E-state index >= 15 is 0 Å². The maximum absolute atomic E-state index is 11.7. The van der Waals surface area contributed by atoms with Crippen LogP contribution >= 0.6 is 0 Å². The molecule has 0 radical (unpaired) electrons. The number of hydrogen-bond donors (Lipinski definition) is 12. The number of carbonyl (C=O) groups is 5. The number of nitrogens with zero attached hydrogens (tertiary/aromatic N) is 3. The zero-order valence-corrected chi connectivity index (χ0v) is 40.9. The molecule has 1 aromatic carbocycles. The van der Waals surface area contributed by atoms with Crippen LogP contribution < -0.4 is 36.2 Å². The van der Waals surface area contributed by atoms with Crippen LogP contribution in [-0.4, -0.2) is 237 Å². The Kier molecular flexibility index (Phi) is 48.0. The molecule has 14 N–H and O–H groups in total. The number of hydrogen-bond acceptors (Lipinski definition) is 24. The van der Waals surface area contributed by atoms with Gasteiger partial charge in [0.15, 0.2) is 12.2 Å². The minimum atomic E-state index is -1.62. The number of aliphatic carboxylic acids is 5. The van der Waals surface area contributed by atoms with Crippen LogP contribution in [0.25, 0.3) is 0 Å². The van der Waals surface area contributed by atoms with Crippen molar-refractivity contribution in [3.8, 4) is 0 Å². The Morgan fingerprint density at radius 3 is 1.29 bits per heavy atom. The molecule has 0 heterocycles. The normalized spacial score (nSPS) is 15.1. The van der Waals surface area contributed by atoms with Crippen molar-refractivity contribution in [2.24, 2.45) is 0 Å². The Bertz CT molecular complexity index is 1300. The fourth-order valence-corrected chi connectivity index (χ4v) is 4.75. The molecule has 0 aliphatic rings. The van der Waals surface area contributed by atoms with E-state index in [0.717, 1.165) is 15.4 Å². The Labute approximate surface area is 458 Å². The summed E-state index contributed by atoms with van der Waals surface area (Å²) in [6.07, 6.45) is -11.3. The van der Waals surface area contributed by atoms with E-state index in [-0.39, 0.29) is 153 Å². The molecule has 63 heavy (non-hydrogen) atoms. The van der Waals surface area contributed by atoms with Gasteiger partial charge in [-0.25, -0.2) is 0 Å². The minimum Gasteiger partial charge on any atom is -0.549 e. The van der Waals surface area contributed by atoms with Gasteiger partial charge in [-0.1, -0.05) is 30.3 Å². The Balaban J connectivity index is -0.000000341. The van der Waals surface area contributed by atoms with E-state index in [2.05, 4.69) is 0 Å². The fraction of sp³-hybridized carbons (Fsp3) is 0.676. The van der Waals surface area contributed by atoms with Gasteiger partial charge in [-0.2, -0.15) is 0 Å². The molecule has 29 heteroatoms. The average Bonchev–Trinajstić information content (AvgIpc) is 3.20. The number of benzene rings is 1. The van der Waals surface area contributed by atoms with Gasteiger partial charge in [0.05, 0.1) is 76.4 Å². The number of aliphatic hydroxyl groups is 10. The maximum Gasteiger partial charge on any atom is 0.216 e. The van der Waals surface area contributed by atoms with Crippen molar-refractivity contribution in [1.29, 1.82) is 0 Å². The SMILES string of the molecule is C[NH2+][C@H](O)[C@@H](O)[C@H](O)[C@H](O)CO.C[NH2+][C@H](O)[C@@H](O)[C@H](O)[C@H](O)CO.O=C([O-])CN(CCN(CC(=O)[O-])CC(=O)[O-])CCN(CC(=O)[O-])C(COCc1ccccc1)C(=O)[O-].[Gd].[Gd].[Gd]. The summed E-state index contributed by atoms with van der Waals surface area (Å²) in [7, 11) is 3.01. The minimum absolute atomic E-state index is 0. The van der Waals surface area contributed by atoms with Crippen LogP contribution in [0.4, 0.5) is 0 Å². The molecule has 0 saturated carbocycles. The molecule has 372 valence electrons. The molecule has 1 unspecified atom stereocenters. The largest absolute Gasteiger partial charge is 0.549 e. The molecule has 9 atom stereocenters. The van der Waals surface area contributed by atoms with E-state index in [1.54, 1.807) is 30.3 Å². The molecule has 0 aromatic heterocycles. The second-order valence-corrected chi connectivity index (χ2v) is 12.9. The molecule has 0 spiro atoms. The third-order valence-electron chi connectivity index (χ3n) is 8.17. The van der Waals surface area contributed by atoms with E-state index in [1.165, 1.54) is 29.6 Å². The monoisotopic (exact) mass is 1350 g/mol. The molecule has 0 aliphatic heterocycles. The van der Waals surface area contributed by atoms with Gasteiger partial charge in [0, 0.05) is 172 Å². The number of quaternary nitrogens is 2. The first kappa shape index (κ1) is 71.9. The summed E-state index contributed by atoms with van der Waals surface area (Å²) in [5.74, 6) is -7.85. The molecule has 1 aromatic rings. The number of aliphatic hydroxyl groups excluding tert-OH is 10. The molecular formula is C34H58Gd3N5O21-3. The van der Waals surface area contributed by atoms with Crippen molar-refractivity contribution >= 4 is 29.8 Å². The van der Waals surface area contributed by atoms with Crippen molar-refractivity contribution < 1.29 is 236 Å². The van der Waals surface area contributed by atoms with E-state index in [4.69, 9.17) is 55.8 Å². The number of carboxylic acid groups (broad SMARTS) is 5. The van der Waals surface area contributed by atoms with Gasteiger partial charge in [-0.05, 0) is 5.56 Å². The number of ether oxygens (including phenoxy) is 1. The first-order chi connectivity index (χ1) is 28.1. The van der Waals surface area contributed by atoms with Crippen molar-refractivity contribution in [3.63, 3.8) is 0 Å². The second-order valence-electron chi connectivity index (χ2n) is 12.9. The Morgan fingerprint density at radius 2 is 0.937 bits per heavy atom. The molecule has 26 nitrogen and oxygen atoms in total. The van der Waals surface area contributed by atoms with E-state index < -0.39 is 131 Å². The van der Waals surface area contributed by atoms with Gasteiger partial charge in [0.25, 0.3) is 0 Å². The first-order valence-corrected chi connectivity index (χ1v) is 18.1. The number of likely N-dealkylation sites (N-methyl/N-ethyl adjacent to an activating group) is 2. The summed E-state index contributed by atoms with van der Waals surface area (Å²) < 4.78 is 5.41. The third-order valence-corrected chi connectivity index (χ3v) is 8.17. The van der Waals surface area contributed by atoms with Crippen molar-refractivity contribution in [3.05, 3.63) is 35.9 Å². The van der Waals surface area contributed by atoms with Crippen molar-refractivity contribution in [2.75, 3.05) is 86.3 Å². The summed E-state index contributed by atoms with van der Waals surface area (Å²) in [6, 6.07) is 7.27. The Morgan fingerprint density at radius 1 is 0.571 bits per heavy atom.